The van der Waals surface area contributed by atoms with Crippen molar-refractivity contribution in [2.45, 2.75) is 32.9 Å². The Balaban J connectivity index is 1.75. The van der Waals surface area contributed by atoms with Crippen LogP contribution in [-0.4, -0.2) is 53.3 Å². The summed E-state index contributed by atoms with van der Waals surface area (Å²) in [6.45, 7) is 5.61. The van der Waals surface area contributed by atoms with Gasteiger partial charge in [-0.15, -0.1) is 0 Å². The minimum Gasteiger partial charge on any atom is -0.377 e. The average molecular weight is 371 g/mol. The Bertz CT molecular complexity index is 828. The van der Waals surface area contributed by atoms with Crippen LogP contribution in [0.2, 0.25) is 0 Å². The smallest absolute Gasteiger partial charge is 0.223 e. The van der Waals surface area contributed by atoms with Gasteiger partial charge in [0.1, 0.15) is 0 Å². The normalized spacial score (nSPS) is 19.8. The maximum atomic E-state index is 12.4. The van der Waals surface area contributed by atoms with Crippen LogP contribution < -0.4 is 10.2 Å². The molecule has 0 radical (unpaired) electrons. The lowest BCUT2D eigenvalue weighted by Gasteiger charge is -2.26. The first-order valence-corrected chi connectivity index (χ1v) is 9.38. The van der Waals surface area contributed by atoms with Crippen molar-refractivity contribution in [3.63, 3.8) is 0 Å². The number of anilines is 1. The van der Waals surface area contributed by atoms with E-state index in [1.807, 2.05) is 63.2 Å². The van der Waals surface area contributed by atoms with Gasteiger partial charge in [-0.2, -0.15) is 5.10 Å². The lowest BCUT2D eigenvalue weighted by Crippen LogP contribution is -2.30. The highest BCUT2D eigenvalue weighted by Gasteiger charge is 2.40. The molecule has 3 rings (SSSR count). The molecule has 1 aliphatic heterocycles. The number of pyridine rings is 1. The zero-order valence-electron chi connectivity index (χ0n) is 17.2. The van der Waals surface area contributed by atoms with Crippen LogP contribution in [0.5, 0.6) is 0 Å². The molecule has 2 atom stereocenters. The molecule has 1 saturated heterocycles. The van der Waals surface area contributed by atoms with E-state index in [0.717, 1.165) is 35.7 Å². The first-order valence-electron chi connectivity index (χ1n) is 9.38. The monoisotopic (exact) mass is 370 g/mol. The van der Waals surface area contributed by atoms with Crippen LogP contribution >= 0.6 is 0 Å². The van der Waals surface area contributed by atoms with E-state index in [1.54, 1.807) is 0 Å². The Morgan fingerprint density at radius 3 is 2.67 bits per heavy atom. The Labute approximate surface area is 161 Å². The minimum atomic E-state index is 0.0703. The van der Waals surface area contributed by atoms with Crippen molar-refractivity contribution in [2.75, 3.05) is 32.6 Å². The summed E-state index contributed by atoms with van der Waals surface area (Å²) in [7, 11) is 7.94. The Morgan fingerprint density at radius 1 is 1.30 bits per heavy atom. The number of carbonyl (C=O) groups excluding carboxylic acids is 1. The third kappa shape index (κ3) is 3.69. The average Bonchev–Trinajstić information content (AvgIpc) is 3.03. The second-order valence-corrected chi connectivity index (χ2v) is 7.65. The second-order valence-electron chi connectivity index (χ2n) is 7.65. The van der Waals surface area contributed by atoms with E-state index in [2.05, 4.69) is 27.2 Å². The number of hydrogen-bond donors (Lipinski definition) is 1. The van der Waals surface area contributed by atoms with E-state index in [1.165, 1.54) is 5.56 Å². The highest BCUT2D eigenvalue weighted by atomic mass is 16.2. The Hall–Kier alpha value is -2.41. The predicted molar refractivity (Wildman–Crippen MR) is 107 cm³/mol. The number of hydrogen-bond acceptors (Lipinski definition) is 5. The van der Waals surface area contributed by atoms with Gasteiger partial charge >= 0.3 is 0 Å². The van der Waals surface area contributed by atoms with Gasteiger partial charge in [0.2, 0.25) is 5.91 Å². The number of likely N-dealkylation sites (tertiary alicyclic amines) is 1. The largest absolute Gasteiger partial charge is 0.377 e. The van der Waals surface area contributed by atoms with Crippen LogP contribution in [0.3, 0.4) is 0 Å². The fourth-order valence-corrected chi connectivity index (χ4v) is 4.17. The van der Waals surface area contributed by atoms with Gasteiger partial charge in [-0.25, -0.2) is 0 Å². The van der Waals surface area contributed by atoms with Gasteiger partial charge in [-0.05, 0) is 19.9 Å². The zero-order valence-corrected chi connectivity index (χ0v) is 17.2. The van der Waals surface area contributed by atoms with E-state index in [-0.39, 0.29) is 17.9 Å². The van der Waals surface area contributed by atoms with Crippen LogP contribution in [0.15, 0.2) is 18.5 Å². The van der Waals surface area contributed by atoms with Crippen molar-refractivity contribution >= 4 is 11.6 Å². The molecule has 0 aromatic carbocycles. The molecule has 0 spiro atoms. The second kappa shape index (κ2) is 7.68. The number of nitrogens with zero attached hydrogens (tertiary/aromatic N) is 5. The molecular weight excluding hydrogens is 340 g/mol. The fraction of sp³-hybridized carbons (Fsp3) is 0.550. The van der Waals surface area contributed by atoms with Crippen molar-refractivity contribution in [3.8, 4) is 0 Å². The summed E-state index contributed by atoms with van der Waals surface area (Å²) >= 11 is 0. The summed E-state index contributed by atoms with van der Waals surface area (Å²) < 4.78 is 1.91. The van der Waals surface area contributed by atoms with E-state index < -0.39 is 0 Å². The molecule has 1 amide bonds. The minimum absolute atomic E-state index is 0.0703. The SMILES string of the molecule is Cc1nn(C)c(C)c1[C@H]1[C@H](CNCc2cnccc2N(C)C)CC(=O)N1C. The molecule has 0 aliphatic carbocycles. The van der Waals surface area contributed by atoms with Crippen molar-refractivity contribution < 1.29 is 4.79 Å². The van der Waals surface area contributed by atoms with Gasteiger partial charge in [0.15, 0.2) is 0 Å². The van der Waals surface area contributed by atoms with Gasteiger partial charge in [0, 0.05) is 88.5 Å². The fourth-order valence-electron chi connectivity index (χ4n) is 4.17. The third-order valence-corrected chi connectivity index (χ3v) is 5.64. The number of aryl methyl sites for hydroxylation is 2. The number of nitrogens with one attached hydrogen (secondary N) is 1. The lowest BCUT2D eigenvalue weighted by atomic mass is 9.92. The van der Waals surface area contributed by atoms with Crippen molar-refractivity contribution in [1.29, 1.82) is 0 Å². The quantitative estimate of drug-likeness (QED) is 0.840. The van der Waals surface area contributed by atoms with Gasteiger partial charge in [-0.3, -0.25) is 14.5 Å². The van der Waals surface area contributed by atoms with Gasteiger partial charge in [0.05, 0.1) is 11.7 Å². The van der Waals surface area contributed by atoms with Gasteiger partial charge < -0.3 is 15.1 Å². The van der Waals surface area contributed by atoms with Gasteiger partial charge in [-0.1, -0.05) is 0 Å². The number of carbonyl (C=O) groups is 1. The molecular formula is C20H30N6O. The molecule has 1 N–H and O–H groups in total. The van der Waals surface area contributed by atoms with Gasteiger partial charge in [0.25, 0.3) is 0 Å². The Kier molecular flexibility index (Phi) is 5.51. The zero-order chi connectivity index (χ0) is 19.7. The maximum absolute atomic E-state index is 12.4. The highest BCUT2D eigenvalue weighted by molar-refractivity contribution is 5.79. The van der Waals surface area contributed by atoms with E-state index in [9.17, 15) is 4.79 Å². The van der Waals surface area contributed by atoms with E-state index >= 15 is 0 Å². The summed E-state index contributed by atoms with van der Waals surface area (Å²) in [5.74, 6) is 0.424. The first-order chi connectivity index (χ1) is 12.8. The number of amides is 1. The topological polar surface area (TPSA) is 66.3 Å². The summed E-state index contributed by atoms with van der Waals surface area (Å²) in [5, 5.41) is 8.11. The lowest BCUT2D eigenvalue weighted by molar-refractivity contribution is -0.127. The van der Waals surface area contributed by atoms with Crippen molar-refractivity contribution in [1.82, 2.24) is 25.0 Å². The molecule has 7 nitrogen and oxygen atoms in total. The first kappa shape index (κ1) is 19.4. The van der Waals surface area contributed by atoms with Crippen LogP contribution in [0, 0.1) is 19.8 Å². The van der Waals surface area contributed by atoms with Crippen LogP contribution in [-0.2, 0) is 18.4 Å². The summed E-state index contributed by atoms with van der Waals surface area (Å²) in [6.07, 6.45) is 4.28. The molecule has 0 unspecified atom stereocenters. The molecule has 3 heterocycles. The molecule has 1 aliphatic rings. The molecule has 0 bridgehead atoms. The van der Waals surface area contributed by atoms with Crippen LogP contribution in [0.1, 0.15) is 35.0 Å². The number of rotatable bonds is 6. The van der Waals surface area contributed by atoms with Crippen LogP contribution in [0.25, 0.3) is 0 Å². The third-order valence-electron chi connectivity index (χ3n) is 5.64. The summed E-state index contributed by atoms with van der Waals surface area (Å²) in [5.41, 5.74) is 5.64. The molecule has 146 valence electrons. The standard InChI is InChI=1S/C20H30N6O/c1-13-19(14(2)26(6)23-13)20-15(9-18(27)25(20)5)10-22-12-16-11-21-8-7-17(16)24(3)4/h7-8,11,15,20,22H,9-10,12H2,1-6H3/t15-,20+/m0/s1. The summed E-state index contributed by atoms with van der Waals surface area (Å²) in [4.78, 5) is 20.7. The molecule has 7 heteroatoms. The van der Waals surface area contributed by atoms with E-state index in [0.29, 0.717) is 6.42 Å². The highest BCUT2D eigenvalue weighted by Crippen LogP contribution is 2.39. The predicted octanol–water partition coefficient (Wildman–Crippen LogP) is 1.81. The maximum Gasteiger partial charge on any atom is 0.223 e. The number of aromatic nitrogens is 3. The van der Waals surface area contributed by atoms with E-state index in [4.69, 9.17) is 0 Å². The molecule has 2 aromatic heterocycles. The van der Waals surface area contributed by atoms with Crippen LogP contribution in [0.4, 0.5) is 5.69 Å². The van der Waals surface area contributed by atoms with Crippen molar-refractivity contribution in [3.05, 3.63) is 41.0 Å². The molecule has 0 saturated carbocycles. The van der Waals surface area contributed by atoms with Crippen molar-refractivity contribution in [2.24, 2.45) is 13.0 Å². The Morgan fingerprint density at radius 2 is 2.04 bits per heavy atom. The molecule has 27 heavy (non-hydrogen) atoms. The molecule has 2 aromatic rings. The summed E-state index contributed by atoms with van der Waals surface area (Å²) in [6, 6.07) is 2.09. The molecule has 1 fully saturated rings.